The fourth-order valence-corrected chi connectivity index (χ4v) is 0.881. The van der Waals surface area contributed by atoms with Crippen molar-refractivity contribution in [2.24, 2.45) is 0 Å². The van der Waals surface area contributed by atoms with Crippen molar-refractivity contribution in [2.75, 3.05) is 14.1 Å². The second kappa shape index (κ2) is 6.85. The predicted molar refractivity (Wildman–Crippen MR) is 52.2 cm³/mol. The van der Waals surface area contributed by atoms with E-state index in [4.69, 9.17) is 0 Å². The van der Waals surface area contributed by atoms with Crippen molar-refractivity contribution >= 4 is 0 Å². The number of aryl methyl sites for hydroxylation is 2. The molecule has 0 radical (unpaired) electrons. The zero-order valence-electron chi connectivity index (χ0n) is 8.46. The van der Waals surface area contributed by atoms with Gasteiger partial charge in [0.25, 0.3) is 0 Å². The Kier molecular flexibility index (Phi) is 6.38. The Bertz CT molecular complexity index is 193. The van der Waals surface area contributed by atoms with Gasteiger partial charge < -0.3 is 9.88 Å². The lowest BCUT2D eigenvalue weighted by Crippen LogP contribution is -1.96. The average molecular weight is 169 g/mol. The minimum atomic E-state index is 1.09. The summed E-state index contributed by atoms with van der Waals surface area (Å²) in [6.45, 7) is 5.28. The van der Waals surface area contributed by atoms with E-state index in [-0.39, 0.29) is 0 Å². The molecule has 0 amide bonds. The summed E-state index contributed by atoms with van der Waals surface area (Å²) in [5.41, 5.74) is 0. The number of nitrogens with zero attached hydrogens (tertiary/aromatic N) is 2. The SMILES string of the molecule is CCCn1ccnc1C.CNC. The third kappa shape index (κ3) is 4.13. The van der Waals surface area contributed by atoms with Gasteiger partial charge in [-0.25, -0.2) is 4.98 Å². The third-order valence-electron chi connectivity index (χ3n) is 1.39. The zero-order valence-corrected chi connectivity index (χ0v) is 8.46. The van der Waals surface area contributed by atoms with E-state index in [1.807, 2.05) is 33.4 Å². The van der Waals surface area contributed by atoms with E-state index >= 15 is 0 Å². The van der Waals surface area contributed by atoms with Crippen LogP contribution < -0.4 is 5.32 Å². The van der Waals surface area contributed by atoms with Gasteiger partial charge in [-0.15, -0.1) is 0 Å². The predicted octanol–water partition coefficient (Wildman–Crippen LogP) is 1.44. The van der Waals surface area contributed by atoms with Gasteiger partial charge in [0, 0.05) is 18.9 Å². The van der Waals surface area contributed by atoms with Crippen LogP contribution in [0.4, 0.5) is 0 Å². The molecule has 0 fully saturated rings. The van der Waals surface area contributed by atoms with Crippen LogP contribution in [-0.4, -0.2) is 23.6 Å². The van der Waals surface area contributed by atoms with Crippen molar-refractivity contribution in [1.82, 2.24) is 14.9 Å². The Morgan fingerprint density at radius 2 is 2.08 bits per heavy atom. The van der Waals surface area contributed by atoms with Crippen LogP contribution in [-0.2, 0) is 6.54 Å². The molecule has 12 heavy (non-hydrogen) atoms. The third-order valence-corrected chi connectivity index (χ3v) is 1.39. The molecule has 1 heterocycles. The summed E-state index contributed by atoms with van der Waals surface area (Å²) in [7, 11) is 3.75. The topological polar surface area (TPSA) is 29.9 Å². The van der Waals surface area contributed by atoms with E-state index in [1.54, 1.807) is 0 Å². The normalized spacial score (nSPS) is 9.00. The fourth-order valence-electron chi connectivity index (χ4n) is 0.881. The molecule has 0 aliphatic carbocycles. The van der Waals surface area contributed by atoms with Crippen LogP contribution in [0.15, 0.2) is 12.4 Å². The highest BCUT2D eigenvalue weighted by Gasteiger charge is 1.91. The van der Waals surface area contributed by atoms with E-state index in [0.29, 0.717) is 0 Å². The Hall–Kier alpha value is -0.830. The molecule has 0 aliphatic heterocycles. The molecule has 0 aliphatic rings. The maximum absolute atomic E-state index is 4.10. The first-order chi connectivity index (χ1) is 5.76. The van der Waals surface area contributed by atoms with Crippen molar-refractivity contribution in [3.8, 4) is 0 Å². The quantitative estimate of drug-likeness (QED) is 0.726. The molecule has 0 unspecified atom stereocenters. The molecule has 1 N–H and O–H groups in total. The lowest BCUT2D eigenvalue weighted by Gasteiger charge is -1.99. The maximum Gasteiger partial charge on any atom is 0.105 e. The number of nitrogens with one attached hydrogen (secondary N) is 1. The minimum Gasteiger partial charge on any atom is -0.335 e. The summed E-state index contributed by atoms with van der Waals surface area (Å²) in [5.74, 6) is 1.11. The van der Waals surface area contributed by atoms with Crippen molar-refractivity contribution in [1.29, 1.82) is 0 Å². The van der Waals surface area contributed by atoms with E-state index < -0.39 is 0 Å². The molecule has 0 saturated heterocycles. The summed E-state index contributed by atoms with van der Waals surface area (Å²) in [6, 6.07) is 0. The molecule has 70 valence electrons. The molecule has 0 saturated carbocycles. The van der Waals surface area contributed by atoms with Gasteiger partial charge in [-0.3, -0.25) is 0 Å². The Morgan fingerprint density at radius 1 is 1.50 bits per heavy atom. The van der Waals surface area contributed by atoms with Crippen LogP contribution in [0.5, 0.6) is 0 Å². The smallest absolute Gasteiger partial charge is 0.105 e. The highest BCUT2D eigenvalue weighted by atomic mass is 15.0. The van der Waals surface area contributed by atoms with Crippen LogP contribution in [0.3, 0.4) is 0 Å². The first kappa shape index (κ1) is 11.2. The first-order valence-corrected chi connectivity index (χ1v) is 4.32. The van der Waals surface area contributed by atoms with Gasteiger partial charge in [-0.05, 0) is 27.4 Å². The van der Waals surface area contributed by atoms with Crippen LogP contribution >= 0.6 is 0 Å². The van der Waals surface area contributed by atoms with Crippen molar-refractivity contribution < 1.29 is 0 Å². The molecule has 0 aromatic carbocycles. The first-order valence-electron chi connectivity index (χ1n) is 4.32. The Labute approximate surface area is 74.8 Å². The van der Waals surface area contributed by atoms with Gasteiger partial charge >= 0.3 is 0 Å². The molecule has 1 aromatic heterocycles. The summed E-state index contributed by atoms with van der Waals surface area (Å²) >= 11 is 0. The minimum absolute atomic E-state index is 1.09. The van der Waals surface area contributed by atoms with Crippen LogP contribution in [0.1, 0.15) is 19.2 Å². The van der Waals surface area contributed by atoms with Gasteiger partial charge in [0.1, 0.15) is 5.82 Å². The van der Waals surface area contributed by atoms with Gasteiger partial charge in [0.2, 0.25) is 0 Å². The Balaban J connectivity index is 0.000000354. The highest BCUT2D eigenvalue weighted by molar-refractivity contribution is 4.87. The number of hydrogen-bond acceptors (Lipinski definition) is 2. The maximum atomic E-state index is 4.10. The highest BCUT2D eigenvalue weighted by Crippen LogP contribution is 1.95. The molecule has 0 atom stereocenters. The van der Waals surface area contributed by atoms with Gasteiger partial charge in [0.05, 0.1) is 0 Å². The summed E-state index contributed by atoms with van der Waals surface area (Å²) < 4.78 is 2.15. The molecule has 3 heteroatoms. The standard InChI is InChI=1S/C7H12N2.C2H7N/c1-3-5-9-6-4-8-7(9)2;1-3-2/h4,6H,3,5H2,1-2H3;3H,1-2H3. The van der Waals surface area contributed by atoms with Gasteiger partial charge in [-0.2, -0.15) is 0 Å². The lowest BCUT2D eigenvalue weighted by molar-refractivity contribution is 0.658. The van der Waals surface area contributed by atoms with Crippen LogP contribution in [0.25, 0.3) is 0 Å². The number of imidazole rings is 1. The molecule has 1 aromatic rings. The second-order valence-electron chi connectivity index (χ2n) is 2.67. The number of rotatable bonds is 2. The van der Waals surface area contributed by atoms with Crippen molar-refractivity contribution in [2.45, 2.75) is 26.8 Å². The van der Waals surface area contributed by atoms with Gasteiger partial charge in [0.15, 0.2) is 0 Å². The Morgan fingerprint density at radius 3 is 2.42 bits per heavy atom. The molecule has 0 spiro atoms. The number of hydrogen-bond donors (Lipinski definition) is 1. The van der Waals surface area contributed by atoms with E-state index in [9.17, 15) is 0 Å². The van der Waals surface area contributed by atoms with Gasteiger partial charge in [-0.1, -0.05) is 6.92 Å². The zero-order chi connectivity index (χ0) is 9.40. The molecule has 0 bridgehead atoms. The van der Waals surface area contributed by atoms with E-state index in [1.165, 1.54) is 6.42 Å². The molecular weight excluding hydrogens is 150 g/mol. The molecular formula is C9H19N3. The van der Waals surface area contributed by atoms with E-state index in [2.05, 4.69) is 21.8 Å². The summed E-state index contributed by atoms with van der Waals surface area (Å²) in [5, 5.41) is 2.75. The lowest BCUT2D eigenvalue weighted by atomic mass is 10.5. The van der Waals surface area contributed by atoms with Crippen molar-refractivity contribution in [3.63, 3.8) is 0 Å². The second-order valence-corrected chi connectivity index (χ2v) is 2.67. The van der Waals surface area contributed by atoms with Crippen molar-refractivity contribution in [3.05, 3.63) is 18.2 Å². The molecule has 1 rings (SSSR count). The monoisotopic (exact) mass is 169 g/mol. The average Bonchev–Trinajstić information content (AvgIpc) is 2.39. The van der Waals surface area contributed by atoms with Crippen LogP contribution in [0.2, 0.25) is 0 Å². The summed E-state index contributed by atoms with van der Waals surface area (Å²) in [6.07, 6.45) is 5.03. The largest absolute Gasteiger partial charge is 0.335 e. The fraction of sp³-hybridized carbons (Fsp3) is 0.667. The number of aromatic nitrogens is 2. The summed E-state index contributed by atoms with van der Waals surface area (Å²) in [4.78, 5) is 4.10. The van der Waals surface area contributed by atoms with Crippen LogP contribution in [0, 0.1) is 6.92 Å². The van der Waals surface area contributed by atoms with E-state index in [0.717, 1.165) is 12.4 Å². The molecule has 3 nitrogen and oxygen atoms in total.